The van der Waals surface area contributed by atoms with E-state index in [0.29, 0.717) is 47.4 Å². The molecule has 1 saturated carbocycles. The standard InChI is InChI=1S/C28H34N4O6/c1-37-20-14-15-24(38-2)22(17-20)30-26(34)18-32-23-12-6-5-11-21(23)27(35)31(28(32)36)16-8-7-13-25(33)29-19-9-3-4-10-19/h5-6,11-12,14-15,17,19H,3-4,7-10,13,16,18H2,1-2H3,(H,29,33)(H,30,34). The first-order valence-corrected chi connectivity index (χ1v) is 12.9. The van der Waals surface area contributed by atoms with Crippen LogP contribution in [0.15, 0.2) is 52.1 Å². The van der Waals surface area contributed by atoms with Gasteiger partial charge in [0.1, 0.15) is 18.0 Å². The maximum absolute atomic E-state index is 13.4. The number of hydrogen-bond donors (Lipinski definition) is 2. The van der Waals surface area contributed by atoms with E-state index in [4.69, 9.17) is 9.47 Å². The molecule has 2 amide bonds. The van der Waals surface area contributed by atoms with Gasteiger partial charge in [-0.3, -0.25) is 23.5 Å². The number of carbonyl (C=O) groups is 2. The Labute approximate surface area is 220 Å². The van der Waals surface area contributed by atoms with Gasteiger partial charge in [-0.05, 0) is 49.9 Å². The normalized spacial score (nSPS) is 13.4. The fraction of sp³-hybridized carbons (Fsp3) is 0.429. The van der Waals surface area contributed by atoms with Crippen molar-refractivity contribution in [2.45, 2.75) is 64.1 Å². The maximum atomic E-state index is 13.4. The lowest BCUT2D eigenvalue weighted by Crippen LogP contribution is -2.41. The number of nitrogens with one attached hydrogen (secondary N) is 2. The first-order valence-electron chi connectivity index (χ1n) is 12.9. The van der Waals surface area contributed by atoms with Crippen LogP contribution in [-0.4, -0.2) is 41.2 Å². The van der Waals surface area contributed by atoms with Crippen molar-refractivity contribution < 1.29 is 19.1 Å². The van der Waals surface area contributed by atoms with E-state index in [1.54, 1.807) is 42.5 Å². The number of carbonyl (C=O) groups excluding carboxylic acids is 2. The smallest absolute Gasteiger partial charge is 0.331 e. The molecule has 0 aliphatic heterocycles. The number of aromatic nitrogens is 2. The van der Waals surface area contributed by atoms with Crippen LogP contribution in [0.25, 0.3) is 10.9 Å². The minimum atomic E-state index is -0.572. The number of benzene rings is 2. The molecule has 4 rings (SSSR count). The number of para-hydroxylation sites is 1. The number of hydrogen-bond acceptors (Lipinski definition) is 6. The predicted molar refractivity (Wildman–Crippen MR) is 145 cm³/mol. The second-order valence-corrected chi connectivity index (χ2v) is 9.46. The van der Waals surface area contributed by atoms with Gasteiger partial charge in [0.2, 0.25) is 11.8 Å². The summed E-state index contributed by atoms with van der Waals surface area (Å²) in [6, 6.07) is 12.0. The number of amides is 2. The number of nitrogens with zero attached hydrogens (tertiary/aromatic N) is 2. The van der Waals surface area contributed by atoms with Gasteiger partial charge in [0, 0.05) is 25.1 Å². The second-order valence-electron chi connectivity index (χ2n) is 9.46. The van der Waals surface area contributed by atoms with Crippen LogP contribution < -0.4 is 31.4 Å². The lowest BCUT2D eigenvalue weighted by Gasteiger charge is -2.15. The van der Waals surface area contributed by atoms with Gasteiger partial charge in [-0.15, -0.1) is 0 Å². The monoisotopic (exact) mass is 522 g/mol. The topological polar surface area (TPSA) is 121 Å². The van der Waals surface area contributed by atoms with Crippen LogP contribution >= 0.6 is 0 Å². The zero-order valence-corrected chi connectivity index (χ0v) is 21.8. The molecule has 1 aliphatic carbocycles. The van der Waals surface area contributed by atoms with Crippen molar-refractivity contribution in [2.24, 2.45) is 0 Å². The fourth-order valence-electron chi connectivity index (χ4n) is 4.89. The van der Waals surface area contributed by atoms with E-state index in [9.17, 15) is 19.2 Å². The van der Waals surface area contributed by atoms with Crippen LogP contribution in [-0.2, 0) is 22.7 Å². The van der Waals surface area contributed by atoms with E-state index in [1.165, 1.54) is 18.8 Å². The third kappa shape index (κ3) is 6.24. The predicted octanol–water partition coefficient (Wildman–Crippen LogP) is 3.05. The van der Waals surface area contributed by atoms with Gasteiger partial charge < -0.3 is 20.1 Å². The van der Waals surface area contributed by atoms with Crippen molar-refractivity contribution >= 4 is 28.4 Å². The van der Waals surface area contributed by atoms with E-state index >= 15 is 0 Å². The lowest BCUT2D eigenvalue weighted by atomic mass is 10.2. The molecule has 0 unspecified atom stereocenters. The SMILES string of the molecule is COc1ccc(OC)c(NC(=O)Cn2c(=O)n(CCCCC(=O)NC3CCCC3)c(=O)c3ccccc32)c1. The fourth-order valence-corrected chi connectivity index (χ4v) is 4.89. The Morgan fingerprint density at radius 1 is 0.947 bits per heavy atom. The van der Waals surface area contributed by atoms with Crippen molar-refractivity contribution in [1.29, 1.82) is 0 Å². The zero-order valence-electron chi connectivity index (χ0n) is 21.8. The third-order valence-electron chi connectivity index (χ3n) is 6.87. The first-order chi connectivity index (χ1) is 18.4. The van der Waals surface area contributed by atoms with Crippen molar-refractivity contribution in [2.75, 3.05) is 19.5 Å². The van der Waals surface area contributed by atoms with Crippen LogP contribution in [0.2, 0.25) is 0 Å². The summed E-state index contributed by atoms with van der Waals surface area (Å²) in [7, 11) is 3.01. The Hall–Kier alpha value is -4.08. The minimum Gasteiger partial charge on any atom is -0.497 e. The van der Waals surface area contributed by atoms with Crippen LogP contribution in [0.4, 0.5) is 5.69 Å². The quantitative estimate of drug-likeness (QED) is 0.374. The highest BCUT2D eigenvalue weighted by atomic mass is 16.5. The summed E-state index contributed by atoms with van der Waals surface area (Å²) in [4.78, 5) is 51.8. The van der Waals surface area contributed by atoms with Crippen LogP contribution in [0.5, 0.6) is 11.5 Å². The lowest BCUT2D eigenvalue weighted by molar-refractivity contribution is -0.122. The van der Waals surface area contributed by atoms with Crippen molar-refractivity contribution in [3.8, 4) is 11.5 Å². The summed E-state index contributed by atoms with van der Waals surface area (Å²) >= 11 is 0. The average Bonchev–Trinajstić information content (AvgIpc) is 3.43. The van der Waals surface area contributed by atoms with Crippen molar-refractivity contribution in [1.82, 2.24) is 14.5 Å². The number of fused-ring (bicyclic) bond motifs is 1. The Balaban J connectivity index is 1.50. The van der Waals surface area contributed by atoms with Crippen LogP contribution in [0, 0.1) is 0 Å². The van der Waals surface area contributed by atoms with E-state index in [1.807, 2.05) is 0 Å². The molecule has 0 bridgehead atoms. The highest BCUT2D eigenvalue weighted by molar-refractivity contribution is 5.93. The highest BCUT2D eigenvalue weighted by Crippen LogP contribution is 2.29. The number of rotatable bonds is 11. The summed E-state index contributed by atoms with van der Waals surface area (Å²) in [6.45, 7) is -0.145. The van der Waals surface area contributed by atoms with E-state index in [2.05, 4.69) is 10.6 Å². The summed E-state index contributed by atoms with van der Waals surface area (Å²) in [5.41, 5.74) is -0.204. The van der Waals surface area contributed by atoms with Gasteiger partial charge in [-0.2, -0.15) is 0 Å². The second kappa shape index (κ2) is 12.4. The van der Waals surface area contributed by atoms with Crippen LogP contribution in [0.3, 0.4) is 0 Å². The molecule has 2 aromatic carbocycles. The molecular formula is C28H34N4O6. The third-order valence-corrected chi connectivity index (χ3v) is 6.87. The van der Waals surface area contributed by atoms with Crippen molar-refractivity contribution in [3.63, 3.8) is 0 Å². The summed E-state index contributed by atoms with van der Waals surface area (Å²) in [6.07, 6.45) is 5.72. The Bertz CT molecular complexity index is 1420. The molecule has 10 nitrogen and oxygen atoms in total. The molecule has 0 saturated heterocycles. The summed E-state index contributed by atoms with van der Waals surface area (Å²) < 4.78 is 13.0. The highest BCUT2D eigenvalue weighted by Gasteiger charge is 2.18. The van der Waals surface area contributed by atoms with E-state index < -0.39 is 17.2 Å². The van der Waals surface area contributed by atoms with Gasteiger partial charge >= 0.3 is 5.69 Å². The van der Waals surface area contributed by atoms with Gasteiger partial charge in [0.15, 0.2) is 0 Å². The number of anilines is 1. The van der Waals surface area contributed by atoms with Gasteiger partial charge in [-0.25, -0.2) is 4.79 Å². The molecular weight excluding hydrogens is 488 g/mol. The average molecular weight is 523 g/mol. The Kier molecular flexibility index (Phi) is 8.83. The van der Waals surface area contributed by atoms with Gasteiger partial charge in [0.05, 0.1) is 30.8 Å². The molecule has 3 aromatic rings. The van der Waals surface area contributed by atoms with E-state index in [-0.39, 0.29) is 25.0 Å². The molecule has 10 heteroatoms. The zero-order chi connectivity index (χ0) is 27.1. The molecule has 38 heavy (non-hydrogen) atoms. The molecule has 2 N–H and O–H groups in total. The Morgan fingerprint density at radius 3 is 2.45 bits per heavy atom. The van der Waals surface area contributed by atoms with Gasteiger partial charge in [0.25, 0.3) is 5.56 Å². The molecule has 1 aromatic heterocycles. The molecule has 0 atom stereocenters. The van der Waals surface area contributed by atoms with Gasteiger partial charge in [-0.1, -0.05) is 25.0 Å². The summed E-state index contributed by atoms with van der Waals surface area (Å²) in [5, 5.41) is 6.17. The number of unbranched alkanes of at least 4 members (excludes halogenated alkanes) is 1. The first kappa shape index (κ1) is 27.0. The summed E-state index contributed by atoms with van der Waals surface area (Å²) in [5.74, 6) is 0.523. The number of methoxy groups -OCH3 is 2. The molecule has 1 aliphatic rings. The largest absolute Gasteiger partial charge is 0.497 e. The maximum Gasteiger partial charge on any atom is 0.331 e. The Morgan fingerprint density at radius 2 is 1.71 bits per heavy atom. The molecule has 1 fully saturated rings. The molecule has 202 valence electrons. The number of ether oxygens (including phenoxy) is 2. The minimum absolute atomic E-state index is 0.00445. The van der Waals surface area contributed by atoms with E-state index in [0.717, 1.165) is 30.3 Å². The molecule has 1 heterocycles. The molecule has 0 spiro atoms. The van der Waals surface area contributed by atoms with Crippen LogP contribution in [0.1, 0.15) is 44.9 Å². The van der Waals surface area contributed by atoms with Crippen molar-refractivity contribution in [3.05, 3.63) is 63.3 Å². The molecule has 0 radical (unpaired) electrons.